The quantitative estimate of drug-likeness (QED) is 0.335. The fourth-order valence-electron chi connectivity index (χ4n) is 2.91. The van der Waals surface area contributed by atoms with Crippen LogP contribution < -0.4 is 5.43 Å². The van der Waals surface area contributed by atoms with E-state index >= 15 is 0 Å². The zero-order valence-electron chi connectivity index (χ0n) is 13.5. The highest BCUT2D eigenvalue weighted by Gasteiger charge is 2.37. The maximum atomic E-state index is 14.2. The van der Waals surface area contributed by atoms with Crippen LogP contribution in [0.1, 0.15) is 30.2 Å². The molecule has 0 N–H and O–H groups in total. The molecule has 138 valence electrons. The first-order valence-electron chi connectivity index (χ1n) is 7.45. The number of thioether (sulfide) groups is 1. The molecule has 0 fully saturated rings. The lowest BCUT2D eigenvalue weighted by molar-refractivity contribution is -0.386. The zero-order chi connectivity index (χ0) is 19.3. The number of nitrogens with zero attached hydrogens (tertiary/aromatic N) is 2. The summed E-state index contributed by atoms with van der Waals surface area (Å²) in [4.78, 5) is 35.3. The van der Waals surface area contributed by atoms with Gasteiger partial charge in [0.2, 0.25) is 11.2 Å². The van der Waals surface area contributed by atoms with Gasteiger partial charge in [0, 0.05) is 11.8 Å². The fraction of sp³-hybridized carbons (Fsp3) is 0.333. The molecule has 1 aromatic carbocycles. The highest BCUT2D eigenvalue weighted by Crippen LogP contribution is 2.43. The van der Waals surface area contributed by atoms with Crippen molar-refractivity contribution in [3.05, 3.63) is 42.6 Å². The van der Waals surface area contributed by atoms with Gasteiger partial charge in [-0.3, -0.25) is 14.9 Å². The zero-order valence-corrected chi connectivity index (χ0v) is 15.0. The van der Waals surface area contributed by atoms with Crippen LogP contribution in [0.25, 0.3) is 10.9 Å². The number of nitro groups is 1. The molecular formula is C15H11ClF2N2O5S. The summed E-state index contributed by atoms with van der Waals surface area (Å²) in [5.74, 6) is -4.04. The van der Waals surface area contributed by atoms with E-state index < -0.39 is 49.6 Å². The molecule has 0 radical (unpaired) electrons. The lowest BCUT2D eigenvalue weighted by atomic mass is 10.1. The smallest absolute Gasteiger partial charge is 0.344 e. The molecule has 0 saturated carbocycles. The Labute approximate surface area is 154 Å². The summed E-state index contributed by atoms with van der Waals surface area (Å²) in [6, 6.07) is -0.367. The second-order valence-corrected chi connectivity index (χ2v) is 6.92. The second kappa shape index (κ2) is 6.51. The van der Waals surface area contributed by atoms with Crippen molar-refractivity contribution in [1.82, 2.24) is 4.57 Å². The Balaban J connectivity index is 2.63. The molecule has 3 rings (SSSR count). The Hall–Kier alpha value is -2.20. The monoisotopic (exact) mass is 404 g/mol. The minimum Gasteiger partial charge on any atom is -0.462 e. The summed E-state index contributed by atoms with van der Waals surface area (Å²) in [5.41, 5.74) is -3.21. The van der Waals surface area contributed by atoms with Gasteiger partial charge in [-0.25, -0.2) is 9.18 Å². The average Bonchev–Trinajstić information content (AvgIpc) is 2.94. The number of nitro benzene ring substituents is 1. The van der Waals surface area contributed by atoms with Gasteiger partial charge in [-0.2, -0.15) is 4.39 Å². The second-order valence-electron chi connectivity index (χ2n) is 5.53. The number of carbonyl (C=O) groups excluding carboxylic acids is 1. The van der Waals surface area contributed by atoms with E-state index in [1.807, 2.05) is 0 Å². The van der Waals surface area contributed by atoms with Gasteiger partial charge >= 0.3 is 11.7 Å². The average molecular weight is 405 g/mol. The van der Waals surface area contributed by atoms with Crippen molar-refractivity contribution in [1.29, 1.82) is 0 Å². The molecule has 0 saturated heterocycles. The van der Waals surface area contributed by atoms with Crippen LogP contribution in [0.3, 0.4) is 0 Å². The highest BCUT2D eigenvalue weighted by molar-refractivity contribution is 7.99. The molecule has 11 heteroatoms. The highest BCUT2D eigenvalue weighted by atomic mass is 35.5. The molecule has 0 spiro atoms. The van der Waals surface area contributed by atoms with Gasteiger partial charge < -0.3 is 9.30 Å². The Kier molecular flexibility index (Phi) is 4.65. The third-order valence-electron chi connectivity index (χ3n) is 3.97. The van der Waals surface area contributed by atoms with Gasteiger partial charge in [0.1, 0.15) is 16.0 Å². The van der Waals surface area contributed by atoms with Crippen molar-refractivity contribution in [2.75, 3.05) is 12.4 Å². The van der Waals surface area contributed by atoms with Crippen molar-refractivity contribution in [2.45, 2.75) is 24.9 Å². The summed E-state index contributed by atoms with van der Waals surface area (Å²) in [6.07, 6.45) is 0. The number of carbonyl (C=O) groups is 1. The SMILES string of the molecule is CCOC(=O)c1c2n(c3c(Cl)c(F)c(F)c([N+](=O)[O-])c3c1=O)[C@H](C)CS2. The summed E-state index contributed by atoms with van der Waals surface area (Å²) in [7, 11) is 0. The third-order valence-corrected chi connectivity index (χ3v) is 5.63. The number of halogens is 3. The first-order valence-corrected chi connectivity index (χ1v) is 8.81. The molecule has 1 atom stereocenters. The number of hydrogen-bond donors (Lipinski definition) is 0. The van der Waals surface area contributed by atoms with E-state index in [2.05, 4.69) is 0 Å². The molecule has 1 aliphatic heterocycles. The van der Waals surface area contributed by atoms with Crippen LogP contribution >= 0.6 is 23.4 Å². The molecule has 0 amide bonds. The summed E-state index contributed by atoms with van der Waals surface area (Å²) < 4.78 is 34.6. The van der Waals surface area contributed by atoms with Crippen LogP contribution in [0.4, 0.5) is 14.5 Å². The molecule has 7 nitrogen and oxygen atoms in total. The first kappa shape index (κ1) is 18.6. The maximum Gasteiger partial charge on any atom is 0.344 e. The summed E-state index contributed by atoms with van der Waals surface area (Å²) in [6.45, 7) is 3.20. The Bertz CT molecular complexity index is 1040. The Morgan fingerprint density at radius 2 is 2.12 bits per heavy atom. The van der Waals surface area contributed by atoms with Crippen LogP contribution in [-0.4, -0.2) is 27.8 Å². The number of pyridine rings is 1. The van der Waals surface area contributed by atoms with Crippen LogP contribution in [0.2, 0.25) is 5.02 Å². The van der Waals surface area contributed by atoms with E-state index in [9.17, 15) is 28.5 Å². The first-order chi connectivity index (χ1) is 12.2. The van der Waals surface area contributed by atoms with Crippen molar-refractivity contribution >= 4 is 45.9 Å². The van der Waals surface area contributed by atoms with E-state index in [4.69, 9.17) is 16.3 Å². The van der Waals surface area contributed by atoms with E-state index in [0.29, 0.717) is 5.75 Å². The third kappa shape index (κ3) is 2.47. The van der Waals surface area contributed by atoms with Gasteiger partial charge in [-0.15, -0.1) is 11.8 Å². The van der Waals surface area contributed by atoms with Gasteiger partial charge in [0.25, 0.3) is 0 Å². The predicted molar refractivity (Wildman–Crippen MR) is 91.2 cm³/mol. The summed E-state index contributed by atoms with van der Waals surface area (Å²) in [5, 5.41) is 9.99. The number of esters is 1. The fourth-order valence-corrected chi connectivity index (χ4v) is 4.46. The molecule has 2 heterocycles. The molecule has 26 heavy (non-hydrogen) atoms. The van der Waals surface area contributed by atoms with Gasteiger partial charge in [0.15, 0.2) is 5.82 Å². The number of aromatic nitrogens is 1. The number of benzene rings is 1. The largest absolute Gasteiger partial charge is 0.462 e. The molecule has 0 bridgehead atoms. The van der Waals surface area contributed by atoms with Crippen LogP contribution in [0.5, 0.6) is 0 Å². The number of fused-ring (bicyclic) bond motifs is 3. The lowest BCUT2D eigenvalue weighted by Crippen LogP contribution is -2.24. The van der Waals surface area contributed by atoms with E-state index in [-0.39, 0.29) is 23.2 Å². The van der Waals surface area contributed by atoms with E-state index in [1.165, 1.54) is 11.5 Å². The Morgan fingerprint density at radius 1 is 1.46 bits per heavy atom. The molecule has 2 aromatic rings. The van der Waals surface area contributed by atoms with Gasteiger partial charge in [-0.1, -0.05) is 11.6 Å². The molecule has 0 unspecified atom stereocenters. The Morgan fingerprint density at radius 3 is 2.69 bits per heavy atom. The van der Waals surface area contributed by atoms with Crippen molar-refractivity contribution in [3.8, 4) is 0 Å². The molecular weight excluding hydrogens is 394 g/mol. The predicted octanol–water partition coefficient (Wildman–Crippen LogP) is 3.68. The maximum absolute atomic E-state index is 14.2. The molecule has 1 aliphatic rings. The van der Waals surface area contributed by atoms with Crippen molar-refractivity contribution < 1.29 is 23.2 Å². The van der Waals surface area contributed by atoms with E-state index in [1.54, 1.807) is 6.92 Å². The topological polar surface area (TPSA) is 91.4 Å². The molecule has 1 aromatic heterocycles. The van der Waals surface area contributed by atoms with Gasteiger partial charge in [0.05, 0.1) is 22.1 Å². The normalized spacial score (nSPS) is 16.0. The van der Waals surface area contributed by atoms with Crippen molar-refractivity contribution in [3.63, 3.8) is 0 Å². The lowest BCUT2D eigenvalue weighted by Gasteiger charge is -2.17. The minimum atomic E-state index is -1.85. The van der Waals surface area contributed by atoms with Crippen LogP contribution in [-0.2, 0) is 4.74 Å². The minimum absolute atomic E-state index is 0.0312. The van der Waals surface area contributed by atoms with Gasteiger partial charge in [-0.05, 0) is 13.8 Å². The number of ether oxygens (including phenoxy) is 1. The number of hydrogen-bond acceptors (Lipinski definition) is 6. The van der Waals surface area contributed by atoms with Crippen LogP contribution in [0.15, 0.2) is 9.82 Å². The molecule has 0 aliphatic carbocycles. The van der Waals surface area contributed by atoms with Crippen molar-refractivity contribution in [2.24, 2.45) is 0 Å². The number of rotatable bonds is 3. The summed E-state index contributed by atoms with van der Waals surface area (Å²) >= 11 is 7.04. The van der Waals surface area contributed by atoms with Crippen LogP contribution in [0, 0.1) is 21.7 Å². The van der Waals surface area contributed by atoms with E-state index in [0.717, 1.165) is 11.8 Å². The standard InChI is InChI=1S/C15H11ClF2N2O5S/c1-3-25-15(22)7-13(21)6-11(19-5(2)4-26-14(7)19)8(16)9(17)10(18)12(6)20(23)24/h5H,3-4H2,1-2H3/t5-/m1/s1.